The van der Waals surface area contributed by atoms with E-state index in [1.165, 1.54) is 11.8 Å². The van der Waals surface area contributed by atoms with Crippen LogP contribution < -0.4 is 14.8 Å². The van der Waals surface area contributed by atoms with Gasteiger partial charge in [-0.05, 0) is 42.7 Å². The lowest BCUT2D eigenvalue weighted by atomic mass is 10.3. The molecule has 2 rings (SSSR count). The van der Waals surface area contributed by atoms with Crippen molar-refractivity contribution >= 4 is 23.4 Å². The zero-order valence-electron chi connectivity index (χ0n) is 12.0. The molecule has 0 saturated heterocycles. The molecular formula is C16H17NO3S. The van der Waals surface area contributed by atoms with Gasteiger partial charge in [0.15, 0.2) is 11.5 Å². The Morgan fingerprint density at radius 3 is 2.38 bits per heavy atom. The predicted octanol–water partition coefficient (Wildman–Crippen LogP) is 3.79. The van der Waals surface area contributed by atoms with Crippen LogP contribution in [0.2, 0.25) is 0 Å². The number of hydrogen-bond donors (Lipinski definition) is 1. The summed E-state index contributed by atoms with van der Waals surface area (Å²) in [5, 5.41) is 2.82. The van der Waals surface area contributed by atoms with Crippen molar-refractivity contribution in [2.45, 2.75) is 0 Å². The van der Waals surface area contributed by atoms with E-state index < -0.39 is 0 Å². The fourth-order valence-corrected chi connectivity index (χ4v) is 2.10. The molecule has 21 heavy (non-hydrogen) atoms. The number of methoxy groups -OCH3 is 1. The largest absolute Gasteiger partial charge is 0.493 e. The lowest BCUT2D eigenvalue weighted by molar-refractivity contribution is -0.113. The van der Waals surface area contributed by atoms with Gasteiger partial charge in [0.25, 0.3) is 0 Å². The highest BCUT2D eigenvalue weighted by Crippen LogP contribution is 2.31. The summed E-state index contributed by atoms with van der Waals surface area (Å²) in [7, 11) is 1.60. The minimum atomic E-state index is -0.0131. The predicted molar refractivity (Wildman–Crippen MR) is 86.5 cm³/mol. The summed E-state index contributed by atoms with van der Waals surface area (Å²) in [6, 6.07) is 14.7. The van der Waals surface area contributed by atoms with Crippen molar-refractivity contribution in [3.8, 4) is 17.2 Å². The fourth-order valence-electron chi connectivity index (χ4n) is 1.76. The Kier molecular flexibility index (Phi) is 5.51. The second-order valence-electron chi connectivity index (χ2n) is 4.26. The van der Waals surface area contributed by atoms with Crippen molar-refractivity contribution in [3.05, 3.63) is 48.5 Å². The Bertz CT molecular complexity index is 599. The zero-order chi connectivity index (χ0) is 15.1. The maximum absolute atomic E-state index is 11.5. The third-order valence-electron chi connectivity index (χ3n) is 2.71. The lowest BCUT2D eigenvalue weighted by Gasteiger charge is -2.10. The Balaban J connectivity index is 2.04. The van der Waals surface area contributed by atoms with Crippen molar-refractivity contribution in [1.29, 1.82) is 0 Å². The van der Waals surface area contributed by atoms with E-state index in [-0.39, 0.29) is 5.91 Å². The van der Waals surface area contributed by atoms with Crippen LogP contribution in [0.5, 0.6) is 17.2 Å². The second kappa shape index (κ2) is 7.59. The van der Waals surface area contributed by atoms with Crippen LogP contribution in [0, 0.1) is 0 Å². The maximum atomic E-state index is 11.5. The first kappa shape index (κ1) is 15.3. The molecule has 5 heteroatoms. The molecule has 2 aromatic carbocycles. The average Bonchev–Trinajstić information content (AvgIpc) is 2.50. The number of thioether (sulfide) groups is 1. The van der Waals surface area contributed by atoms with Crippen molar-refractivity contribution in [1.82, 2.24) is 0 Å². The Hall–Kier alpha value is -2.14. The molecule has 0 aliphatic carbocycles. The highest BCUT2D eigenvalue weighted by molar-refractivity contribution is 7.99. The van der Waals surface area contributed by atoms with E-state index in [0.717, 1.165) is 5.69 Å². The summed E-state index contributed by atoms with van der Waals surface area (Å²) in [5.74, 6) is 2.44. The number of carbonyl (C=O) groups is 1. The van der Waals surface area contributed by atoms with Gasteiger partial charge in [-0.2, -0.15) is 11.8 Å². The molecule has 0 saturated carbocycles. The van der Waals surface area contributed by atoms with Crippen LogP contribution in [0.3, 0.4) is 0 Å². The van der Waals surface area contributed by atoms with Crippen LogP contribution in [-0.2, 0) is 4.79 Å². The van der Waals surface area contributed by atoms with E-state index >= 15 is 0 Å². The first-order chi connectivity index (χ1) is 10.2. The van der Waals surface area contributed by atoms with E-state index in [1.807, 2.05) is 42.7 Å². The summed E-state index contributed by atoms with van der Waals surface area (Å²) < 4.78 is 11.0. The third-order valence-corrected chi connectivity index (χ3v) is 3.26. The number of nitrogens with one attached hydrogen (secondary N) is 1. The standard InChI is InChI=1S/C16H17NO3S/c1-19-14-5-3-4-6-15(14)20-13-9-7-12(8-10-13)17-16(18)11-21-2/h3-10H,11H2,1-2H3,(H,17,18). The quantitative estimate of drug-likeness (QED) is 0.882. The molecule has 1 N–H and O–H groups in total. The third kappa shape index (κ3) is 4.43. The number of para-hydroxylation sites is 2. The maximum Gasteiger partial charge on any atom is 0.234 e. The van der Waals surface area contributed by atoms with Gasteiger partial charge in [0.05, 0.1) is 12.9 Å². The number of amides is 1. The summed E-state index contributed by atoms with van der Waals surface area (Å²) in [4.78, 5) is 11.5. The normalized spacial score (nSPS) is 10.0. The van der Waals surface area contributed by atoms with Gasteiger partial charge >= 0.3 is 0 Å². The van der Waals surface area contributed by atoms with Crippen LogP contribution in [0.1, 0.15) is 0 Å². The second-order valence-corrected chi connectivity index (χ2v) is 5.12. The van der Waals surface area contributed by atoms with Gasteiger partial charge in [-0.3, -0.25) is 4.79 Å². The van der Waals surface area contributed by atoms with Gasteiger partial charge in [-0.15, -0.1) is 0 Å². The molecule has 0 spiro atoms. The van der Waals surface area contributed by atoms with Crippen molar-refractivity contribution in [2.24, 2.45) is 0 Å². The molecule has 0 radical (unpaired) electrons. The molecule has 0 aliphatic rings. The van der Waals surface area contributed by atoms with Gasteiger partial charge in [-0.1, -0.05) is 12.1 Å². The summed E-state index contributed by atoms with van der Waals surface area (Å²) in [5.41, 5.74) is 0.751. The molecule has 0 fully saturated rings. The molecule has 110 valence electrons. The van der Waals surface area contributed by atoms with Gasteiger partial charge in [-0.25, -0.2) is 0 Å². The Morgan fingerprint density at radius 2 is 1.76 bits per heavy atom. The Morgan fingerprint density at radius 1 is 1.10 bits per heavy atom. The van der Waals surface area contributed by atoms with Gasteiger partial charge < -0.3 is 14.8 Å². The van der Waals surface area contributed by atoms with Crippen molar-refractivity contribution < 1.29 is 14.3 Å². The molecule has 0 heterocycles. The summed E-state index contributed by atoms with van der Waals surface area (Å²) in [6.45, 7) is 0. The van der Waals surface area contributed by atoms with E-state index in [9.17, 15) is 4.79 Å². The van der Waals surface area contributed by atoms with Gasteiger partial charge in [0.2, 0.25) is 5.91 Å². The van der Waals surface area contributed by atoms with Crippen LogP contribution in [0.25, 0.3) is 0 Å². The smallest absolute Gasteiger partial charge is 0.234 e. The SMILES string of the molecule is COc1ccccc1Oc1ccc(NC(=O)CSC)cc1. The van der Waals surface area contributed by atoms with Crippen LogP contribution >= 0.6 is 11.8 Å². The zero-order valence-corrected chi connectivity index (χ0v) is 12.8. The fraction of sp³-hybridized carbons (Fsp3) is 0.188. The summed E-state index contributed by atoms with van der Waals surface area (Å²) >= 11 is 1.49. The average molecular weight is 303 g/mol. The van der Waals surface area contributed by atoms with E-state index in [1.54, 1.807) is 19.2 Å². The molecule has 0 aromatic heterocycles. The number of hydrogen-bond acceptors (Lipinski definition) is 4. The van der Waals surface area contributed by atoms with Crippen LogP contribution in [0.15, 0.2) is 48.5 Å². The lowest BCUT2D eigenvalue weighted by Crippen LogP contribution is -2.13. The van der Waals surface area contributed by atoms with Gasteiger partial charge in [0.1, 0.15) is 5.75 Å². The highest BCUT2D eigenvalue weighted by Gasteiger charge is 2.05. The molecule has 0 unspecified atom stereocenters. The minimum absolute atomic E-state index is 0.0131. The number of rotatable bonds is 6. The first-order valence-electron chi connectivity index (χ1n) is 6.42. The molecule has 0 aliphatic heterocycles. The number of benzene rings is 2. The topological polar surface area (TPSA) is 47.6 Å². The molecule has 2 aromatic rings. The highest BCUT2D eigenvalue weighted by atomic mass is 32.2. The van der Waals surface area contributed by atoms with Crippen LogP contribution in [-0.4, -0.2) is 25.0 Å². The molecule has 0 bridgehead atoms. The summed E-state index contributed by atoms with van der Waals surface area (Å²) in [6.07, 6.45) is 1.89. The van der Waals surface area contributed by atoms with Gasteiger partial charge in [0, 0.05) is 5.69 Å². The van der Waals surface area contributed by atoms with E-state index in [2.05, 4.69) is 5.32 Å². The first-order valence-corrected chi connectivity index (χ1v) is 7.82. The van der Waals surface area contributed by atoms with Crippen LogP contribution in [0.4, 0.5) is 5.69 Å². The number of carbonyl (C=O) groups excluding carboxylic acids is 1. The molecular weight excluding hydrogens is 286 g/mol. The van der Waals surface area contributed by atoms with Crippen molar-refractivity contribution in [2.75, 3.05) is 24.4 Å². The van der Waals surface area contributed by atoms with Crippen molar-refractivity contribution in [3.63, 3.8) is 0 Å². The molecule has 0 atom stereocenters. The minimum Gasteiger partial charge on any atom is -0.493 e. The van der Waals surface area contributed by atoms with E-state index in [0.29, 0.717) is 23.0 Å². The number of anilines is 1. The molecule has 1 amide bonds. The van der Waals surface area contributed by atoms with E-state index in [4.69, 9.17) is 9.47 Å². The molecule has 4 nitrogen and oxygen atoms in total. The monoisotopic (exact) mass is 303 g/mol. The number of ether oxygens (including phenoxy) is 2. The Labute approximate surface area is 128 Å².